The van der Waals surface area contributed by atoms with Gasteiger partial charge in [0.2, 0.25) is 5.91 Å². The molecule has 1 aliphatic rings. The minimum atomic E-state index is -0.944. The third kappa shape index (κ3) is 4.34. The molecule has 0 saturated carbocycles. The maximum atomic E-state index is 13.9. The number of hydrogen-bond donors (Lipinski definition) is 1. The molecule has 0 radical (unpaired) electrons. The van der Waals surface area contributed by atoms with E-state index in [0.717, 1.165) is 5.56 Å². The van der Waals surface area contributed by atoms with Crippen molar-refractivity contribution in [3.8, 4) is 10.6 Å². The highest BCUT2D eigenvalue weighted by molar-refractivity contribution is 7.13. The van der Waals surface area contributed by atoms with Crippen molar-refractivity contribution in [2.75, 3.05) is 13.1 Å². The molecule has 0 aliphatic carbocycles. The van der Waals surface area contributed by atoms with E-state index in [1.807, 2.05) is 12.1 Å². The van der Waals surface area contributed by atoms with E-state index >= 15 is 0 Å². The first-order chi connectivity index (χ1) is 13.9. The number of carbonyl (C=O) groups excluding carboxylic acids is 1. The van der Waals surface area contributed by atoms with Crippen LogP contribution in [0.25, 0.3) is 10.6 Å². The topological polar surface area (TPSA) is 53.4 Å². The number of benzene rings is 2. The van der Waals surface area contributed by atoms with Crippen LogP contribution >= 0.6 is 22.9 Å². The number of amides is 1. The Balaban J connectivity index is 1.38. The number of nitrogens with zero attached hydrogens (tertiary/aromatic N) is 2. The van der Waals surface area contributed by atoms with Crippen molar-refractivity contribution in [1.82, 2.24) is 9.88 Å². The van der Waals surface area contributed by atoms with Crippen molar-refractivity contribution in [3.05, 3.63) is 76.0 Å². The van der Waals surface area contributed by atoms with Crippen LogP contribution < -0.4 is 0 Å². The lowest BCUT2D eigenvalue weighted by Crippen LogP contribution is -2.45. The number of rotatable bonds is 4. The van der Waals surface area contributed by atoms with Gasteiger partial charge in [0.25, 0.3) is 0 Å². The standard InChI is InChI=1S/C22H20ClFN2O2S/c23-16-7-5-15(6-8-16)22(28)9-11-26(12-10-22)20(27)13-17-14-29-21(25-17)18-3-1-2-4-19(18)24/h1-8,14,28H,9-13H2. The molecule has 0 bridgehead atoms. The molecule has 2 heterocycles. The van der Waals surface area contributed by atoms with Crippen LogP contribution in [0.3, 0.4) is 0 Å². The Morgan fingerprint density at radius 2 is 1.86 bits per heavy atom. The Hall–Kier alpha value is -2.28. The minimum absolute atomic E-state index is 0.0338. The average molecular weight is 431 g/mol. The first-order valence-electron chi connectivity index (χ1n) is 9.40. The van der Waals surface area contributed by atoms with E-state index in [1.165, 1.54) is 17.4 Å². The fourth-order valence-corrected chi connectivity index (χ4v) is 4.56. The van der Waals surface area contributed by atoms with Gasteiger partial charge in [0.1, 0.15) is 10.8 Å². The highest BCUT2D eigenvalue weighted by atomic mass is 35.5. The molecule has 1 N–H and O–H groups in total. The first kappa shape index (κ1) is 20.0. The molecule has 7 heteroatoms. The summed E-state index contributed by atoms with van der Waals surface area (Å²) in [6, 6.07) is 13.7. The zero-order valence-corrected chi connectivity index (χ0v) is 17.2. The molecule has 2 aromatic carbocycles. The number of hydrogen-bond acceptors (Lipinski definition) is 4. The van der Waals surface area contributed by atoms with Crippen LogP contribution in [0.15, 0.2) is 53.9 Å². The number of carbonyl (C=O) groups is 1. The van der Waals surface area contributed by atoms with Crippen LogP contribution in [0.1, 0.15) is 24.1 Å². The normalized spacial score (nSPS) is 16.0. The lowest BCUT2D eigenvalue weighted by molar-refractivity contribution is -0.135. The van der Waals surface area contributed by atoms with Gasteiger partial charge in [-0.25, -0.2) is 9.37 Å². The number of aromatic nitrogens is 1. The Labute approximate surface area is 177 Å². The second-order valence-electron chi connectivity index (χ2n) is 7.22. The largest absolute Gasteiger partial charge is 0.385 e. The smallest absolute Gasteiger partial charge is 0.228 e. The first-order valence-corrected chi connectivity index (χ1v) is 10.7. The van der Waals surface area contributed by atoms with E-state index in [2.05, 4.69) is 4.98 Å². The van der Waals surface area contributed by atoms with Gasteiger partial charge < -0.3 is 10.0 Å². The van der Waals surface area contributed by atoms with Crippen LogP contribution in [0.4, 0.5) is 4.39 Å². The van der Waals surface area contributed by atoms with Crippen molar-refractivity contribution in [2.24, 2.45) is 0 Å². The fourth-order valence-electron chi connectivity index (χ4n) is 3.59. The van der Waals surface area contributed by atoms with Gasteiger partial charge in [-0.3, -0.25) is 4.79 Å². The Bertz CT molecular complexity index is 1010. The number of aliphatic hydroxyl groups is 1. The molecule has 0 unspecified atom stereocenters. The summed E-state index contributed by atoms with van der Waals surface area (Å²) in [7, 11) is 0. The molecule has 3 aromatic rings. The van der Waals surface area contributed by atoms with Gasteiger partial charge >= 0.3 is 0 Å². The van der Waals surface area contributed by atoms with Crippen LogP contribution in [0, 0.1) is 5.82 Å². The molecular formula is C22H20ClFN2O2S. The highest BCUT2D eigenvalue weighted by Gasteiger charge is 2.35. The van der Waals surface area contributed by atoms with Crippen molar-refractivity contribution in [1.29, 1.82) is 0 Å². The summed E-state index contributed by atoms with van der Waals surface area (Å²) in [6.07, 6.45) is 1.11. The van der Waals surface area contributed by atoms with Gasteiger partial charge in [0.05, 0.1) is 17.7 Å². The maximum absolute atomic E-state index is 13.9. The predicted molar refractivity (Wildman–Crippen MR) is 112 cm³/mol. The zero-order chi connectivity index (χ0) is 20.4. The third-order valence-electron chi connectivity index (χ3n) is 5.31. The monoisotopic (exact) mass is 430 g/mol. The molecule has 150 valence electrons. The number of likely N-dealkylation sites (tertiary alicyclic amines) is 1. The summed E-state index contributed by atoms with van der Waals surface area (Å²) in [6.45, 7) is 0.949. The highest BCUT2D eigenvalue weighted by Crippen LogP contribution is 2.34. The van der Waals surface area contributed by atoms with E-state index in [0.29, 0.717) is 47.2 Å². The van der Waals surface area contributed by atoms with Gasteiger partial charge in [0, 0.05) is 29.1 Å². The summed E-state index contributed by atoms with van der Waals surface area (Å²) in [5, 5.41) is 13.9. The van der Waals surface area contributed by atoms with Crippen LogP contribution in [-0.4, -0.2) is 34.0 Å². The van der Waals surface area contributed by atoms with E-state index in [4.69, 9.17) is 11.6 Å². The van der Waals surface area contributed by atoms with E-state index in [1.54, 1.807) is 40.6 Å². The summed E-state index contributed by atoms with van der Waals surface area (Å²) < 4.78 is 13.9. The van der Waals surface area contributed by atoms with Crippen LogP contribution in [-0.2, 0) is 16.8 Å². The molecule has 4 rings (SSSR count). The Morgan fingerprint density at radius 1 is 1.17 bits per heavy atom. The molecular weight excluding hydrogens is 411 g/mol. The predicted octanol–water partition coefficient (Wildman–Crippen LogP) is 4.66. The number of piperidine rings is 1. The molecule has 4 nitrogen and oxygen atoms in total. The van der Waals surface area contributed by atoms with Gasteiger partial charge in [-0.15, -0.1) is 11.3 Å². The quantitative estimate of drug-likeness (QED) is 0.655. The fraction of sp³-hybridized carbons (Fsp3) is 0.273. The Kier molecular flexibility index (Phi) is 5.67. The van der Waals surface area contributed by atoms with Gasteiger partial charge in [0.15, 0.2) is 0 Å². The summed E-state index contributed by atoms with van der Waals surface area (Å²) in [5.41, 5.74) is 0.960. The second-order valence-corrected chi connectivity index (χ2v) is 8.51. The third-order valence-corrected chi connectivity index (χ3v) is 6.49. The lowest BCUT2D eigenvalue weighted by Gasteiger charge is -2.38. The SMILES string of the molecule is O=C(Cc1csc(-c2ccccc2F)n1)N1CCC(O)(c2ccc(Cl)cc2)CC1. The van der Waals surface area contributed by atoms with Crippen molar-refractivity contribution < 1.29 is 14.3 Å². The number of halogens is 2. The molecule has 1 amide bonds. The van der Waals surface area contributed by atoms with Gasteiger partial charge in [-0.05, 0) is 42.7 Å². The molecule has 1 aliphatic heterocycles. The Morgan fingerprint density at radius 3 is 2.55 bits per heavy atom. The van der Waals surface area contributed by atoms with Crippen LogP contribution in [0.2, 0.25) is 5.02 Å². The maximum Gasteiger partial charge on any atom is 0.228 e. The van der Waals surface area contributed by atoms with E-state index in [9.17, 15) is 14.3 Å². The van der Waals surface area contributed by atoms with Gasteiger partial charge in [-0.2, -0.15) is 0 Å². The number of thiazole rings is 1. The lowest BCUT2D eigenvalue weighted by atomic mass is 9.84. The summed E-state index contributed by atoms with van der Waals surface area (Å²) in [4.78, 5) is 18.9. The molecule has 1 fully saturated rings. The molecule has 1 aromatic heterocycles. The van der Waals surface area contributed by atoms with Crippen molar-refractivity contribution in [3.63, 3.8) is 0 Å². The van der Waals surface area contributed by atoms with E-state index < -0.39 is 5.60 Å². The molecule has 29 heavy (non-hydrogen) atoms. The van der Waals surface area contributed by atoms with Gasteiger partial charge in [-0.1, -0.05) is 35.9 Å². The average Bonchev–Trinajstić information content (AvgIpc) is 3.17. The van der Waals surface area contributed by atoms with E-state index in [-0.39, 0.29) is 18.1 Å². The van der Waals surface area contributed by atoms with Crippen molar-refractivity contribution in [2.45, 2.75) is 24.9 Å². The molecule has 0 atom stereocenters. The molecule has 0 spiro atoms. The second kappa shape index (κ2) is 8.22. The van der Waals surface area contributed by atoms with Crippen molar-refractivity contribution >= 4 is 28.8 Å². The summed E-state index contributed by atoms with van der Waals surface area (Å²) in [5.74, 6) is -0.356. The van der Waals surface area contributed by atoms with Crippen LogP contribution in [0.5, 0.6) is 0 Å². The molecule has 1 saturated heterocycles. The summed E-state index contributed by atoms with van der Waals surface area (Å²) >= 11 is 7.26. The minimum Gasteiger partial charge on any atom is -0.385 e. The zero-order valence-electron chi connectivity index (χ0n) is 15.6.